The number of rotatable bonds is 6. The van der Waals surface area contributed by atoms with Gasteiger partial charge in [0.1, 0.15) is 0 Å². The predicted octanol–water partition coefficient (Wildman–Crippen LogP) is 1.81. The molecule has 0 bridgehead atoms. The van der Waals surface area contributed by atoms with E-state index in [0.29, 0.717) is 6.42 Å². The zero-order chi connectivity index (χ0) is 11.4. The van der Waals surface area contributed by atoms with Crippen LogP contribution in [0.3, 0.4) is 0 Å². The topological polar surface area (TPSA) is 55.1 Å². The summed E-state index contributed by atoms with van der Waals surface area (Å²) < 4.78 is 0. The minimum atomic E-state index is 0.228. The molecule has 2 aliphatic rings. The van der Waals surface area contributed by atoms with Crippen LogP contribution in [-0.2, 0) is 4.79 Å². The van der Waals surface area contributed by atoms with Crippen LogP contribution in [0.25, 0.3) is 0 Å². The Balaban J connectivity index is 1.59. The summed E-state index contributed by atoms with van der Waals surface area (Å²) in [6, 6.07) is 0. The number of carbonyl (C=O) groups is 1. The van der Waals surface area contributed by atoms with Crippen LogP contribution in [0.4, 0.5) is 0 Å². The maximum Gasteiger partial charge on any atom is 0.220 e. The Morgan fingerprint density at radius 1 is 1.31 bits per heavy atom. The number of hydrogen-bond acceptors (Lipinski definition) is 2. The van der Waals surface area contributed by atoms with Gasteiger partial charge in [-0.25, -0.2) is 0 Å². The summed E-state index contributed by atoms with van der Waals surface area (Å²) in [6.45, 7) is 1.52. The quantitative estimate of drug-likeness (QED) is 0.723. The Morgan fingerprint density at radius 3 is 2.50 bits per heavy atom. The summed E-state index contributed by atoms with van der Waals surface area (Å²) in [5.41, 5.74) is 6.00. The van der Waals surface area contributed by atoms with Gasteiger partial charge >= 0.3 is 0 Å². The summed E-state index contributed by atoms with van der Waals surface area (Å²) in [5.74, 6) is 1.06. The number of nitrogens with two attached hydrogens (primary N) is 1. The highest BCUT2D eigenvalue weighted by Gasteiger charge is 2.35. The molecule has 2 fully saturated rings. The van der Waals surface area contributed by atoms with Crippen LogP contribution in [0.15, 0.2) is 0 Å². The summed E-state index contributed by atoms with van der Waals surface area (Å²) in [5, 5.41) is 3.06. The van der Waals surface area contributed by atoms with E-state index < -0.39 is 0 Å². The molecule has 0 unspecified atom stereocenters. The second kappa shape index (κ2) is 5.17. The van der Waals surface area contributed by atoms with Crippen LogP contribution in [0, 0.1) is 11.3 Å². The standard InChI is InChI=1S/C13H24N2O/c14-9-13(7-2-8-13)10-15-12(16)6-5-11-3-1-4-11/h11H,1-10,14H2,(H,15,16). The van der Waals surface area contributed by atoms with Gasteiger partial charge in [0.25, 0.3) is 0 Å². The van der Waals surface area contributed by atoms with Crippen molar-refractivity contribution in [1.29, 1.82) is 0 Å². The van der Waals surface area contributed by atoms with Crippen LogP contribution in [0.1, 0.15) is 51.4 Å². The highest BCUT2D eigenvalue weighted by molar-refractivity contribution is 5.75. The van der Waals surface area contributed by atoms with Crippen molar-refractivity contribution in [3.63, 3.8) is 0 Å². The Morgan fingerprint density at radius 2 is 2.06 bits per heavy atom. The average molecular weight is 224 g/mol. The largest absolute Gasteiger partial charge is 0.355 e. The second-order valence-electron chi connectivity index (χ2n) is 5.67. The highest BCUT2D eigenvalue weighted by atomic mass is 16.1. The fourth-order valence-corrected chi connectivity index (χ4v) is 2.62. The van der Waals surface area contributed by atoms with Gasteiger partial charge in [-0.3, -0.25) is 4.79 Å². The first-order chi connectivity index (χ1) is 7.74. The molecule has 2 aliphatic carbocycles. The molecule has 92 valence electrons. The fourth-order valence-electron chi connectivity index (χ4n) is 2.62. The van der Waals surface area contributed by atoms with E-state index >= 15 is 0 Å². The van der Waals surface area contributed by atoms with E-state index in [1.165, 1.54) is 38.5 Å². The molecule has 0 aromatic heterocycles. The summed E-state index contributed by atoms with van der Waals surface area (Å²) in [6.07, 6.45) is 9.48. The molecule has 3 heteroatoms. The molecule has 3 nitrogen and oxygen atoms in total. The predicted molar refractivity (Wildman–Crippen MR) is 64.9 cm³/mol. The monoisotopic (exact) mass is 224 g/mol. The molecule has 0 aliphatic heterocycles. The zero-order valence-electron chi connectivity index (χ0n) is 10.1. The van der Waals surface area contributed by atoms with Crippen molar-refractivity contribution in [2.24, 2.45) is 17.1 Å². The maximum absolute atomic E-state index is 11.6. The van der Waals surface area contributed by atoms with Gasteiger partial charge in [0.15, 0.2) is 0 Å². The number of carbonyl (C=O) groups excluding carboxylic acids is 1. The Kier molecular flexibility index (Phi) is 3.85. The van der Waals surface area contributed by atoms with Crippen molar-refractivity contribution in [2.75, 3.05) is 13.1 Å². The molecular formula is C13H24N2O. The maximum atomic E-state index is 11.6. The lowest BCUT2D eigenvalue weighted by molar-refractivity contribution is -0.122. The van der Waals surface area contributed by atoms with Crippen molar-refractivity contribution in [2.45, 2.75) is 51.4 Å². The summed E-state index contributed by atoms with van der Waals surface area (Å²) in [4.78, 5) is 11.6. The minimum Gasteiger partial charge on any atom is -0.355 e. The smallest absolute Gasteiger partial charge is 0.220 e. The van der Waals surface area contributed by atoms with Gasteiger partial charge in [-0.15, -0.1) is 0 Å². The third-order valence-corrected chi connectivity index (χ3v) is 4.51. The molecule has 2 rings (SSSR count). The second-order valence-corrected chi connectivity index (χ2v) is 5.67. The third-order valence-electron chi connectivity index (χ3n) is 4.51. The van der Waals surface area contributed by atoms with Gasteiger partial charge in [0.05, 0.1) is 0 Å². The van der Waals surface area contributed by atoms with Gasteiger partial charge < -0.3 is 11.1 Å². The Hall–Kier alpha value is -0.570. The minimum absolute atomic E-state index is 0.228. The third kappa shape index (κ3) is 2.76. The van der Waals surface area contributed by atoms with E-state index in [9.17, 15) is 4.79 Å². The molecule has 0 aromatic carbocycles. The Bertz CT molecular complexity index is 239. The first kappa shape index (κ1) is 11.9. The van der Waals surface area contributed by atoms with Crippen LogP contribution in [0.2, 0.25) is 0 Å². The number of amides is 1. The van der Waals surface area contributed by atoms with Crippen molar-refractivity contribution < 1.29 is 4.79 Å². The lowest BCUT2D eigenvalue weighted by atomic mass is 9.69. The van der Waals surface area contributed by atoms with Gasteiger partial charge in [0.2, 0.25) is 5.91 Å². The lowest BCUT2D eigenvalue weighted by Gasteiger charge is -2.41. The molecule has 0 radical (unpaired) electrons. The Labute approximate surface area is 98.2 Å². The van der Waals surface area contributed by atoms with E-state index in [0.717, 1.165) is 25.4 Å². The van der Waals surface area contributed by atoms with Crippen LogP contribution in [-0.4, -0.2) is 19.0 Å². The van der Waals surface area contributed by atoms with Gasteiger partial charge in [-0.2, -0.15) is 0 Å². The fraction of sp³-hybridized carbons (Fsp3) is 0.923. The van der Waals surface area contributed by atoms with Gasteiger partial charge in [0, 0.05) is 13.0 Å². The molecule has 0 heterocycles. The van der Waals surface area contributed by atoms with E-state index in [4.69, 9.17) is 5.73 Å². The molecule has 0 aromatic rings. The molecule has 3 N–H and O–H groups in total. The van der Waals surface area contributed by atoms with E-state index in [1.807, 2.05) is 0 Å². The van der Waals surface area contributed by atoms with Crippen molar-refractivity contribution in [1.82, 2.24) is 5.32 Å². The average Bonchev–Trinajstić information content (AvgIpc) is 2.14. The molecular weight excluding hydrogens is 200 g/mol. The summed E-state index contributed by atoms with van der Waals surface area (Å²) >= 11 is 0. The van der Waals surface area contributed by atoms with Crippen LogP contribution in [0.5, 0.6) is 0 Å². The van der Waals surface area contributed by atoms with E-state index in [-0.39, 0.29) is 11.3 Å². The molecule has 1 amide bonds. The SMILES string of the molecule is NCC1(CNC(=O)CCC2CCC2)CCC1. The number of nitrogens with one attached hydrogen (secondary N) is 1. The first-order valence-electron chi connectivity index (χ1n) is 6.71. The van der Waals surface area contributed by atoms with Crippen molar-refractivity contribution in [3.05, 3.63) is 0 Å². The van der Waals surface area contributed by atoms with Crippen molar-refractivity contribution >= 4 is 5.91 Å². The van der Waals surface area contributed by atoms with Gasteiger partial charge in [-0.05, 0) is 37.1 Å². The van der Waals surface area contributed by atoms with Crippen LogP contribution >= 0.6 is 0 Å². The van der Waals surface area contributed by atoms with E-state index in [1.54, 1.807) is 0 Å². The zero-order valence-corrected chi connectivity index (χ0v) is 10.1. The first-order valence-corrected chi connectivity index (χ1v) is 6.71. The molecule has 0 atom stereocenters. The normalized spacial score (nSPS) is 23.3. The van der Waals surface area contributed by atoms with Gasteiger partial charge in [-0.1, -0.05) is 25.7 Å². The number of hydrogen-bond donors (Lipinski definition) is 2. The lowest BCUT2D eigenvalue weighted by Crippen LogP contribution is -2.46. The molecule has 0 spiro atoms. The van der Waals surface area contributed by atoms with E-state index in [2.05, 4.69) is 5.32 Å². The highest BCUT2D eigenvalue weighted by Crippen LogP contribution is 2.39. The molecule has 2 saturated carbocycles. The summed E-state index contributed by atoms with van der Waals surface area (Å²) in [7, 11) is 0. The van der Waals surface area contributed by atoms with Crippen molar-refractivity contribution in [3.8, 4) is 0 Å². The molecule has 16 heavy (non-hydrogen) atoms. The molecule has 0 saturated heterocycles. The van der Waals surface area contributed by atoms with Crippen LogP contribution < -0.4 is 11.1 Å².